The van der Waals surface area contributed by atoms with Gasteiger partial charge >= 0.3 is 17.9 Å². The Morgan fingerprint density at radius 1 is 0.328 bits per heavy atom. The molecule has 0 rings (SSSR count). The molecule has 0 bridgehead atoms. The minimum atomic E-state index is -0.777. The summed E-state index contributed by atoms with van der Waals surface area (Å²) in [7, 11) is 0. The Labute approximate surface area is 378 Å². The number of carbonyl (C=O) groups excluding carboxylic acids is 3. The fourth-order valence-electron chi connectivity index (χ4n) is 7.59. The van der Waals surface area contributed by atoms with Gasteiger partial charge < -0.3 is 14.2 Å². The van der Waals surface area contributed by atoms with Crippen molar-refractivity contribution in [2.75, 3.05) is 13.2 Å². The summed E-state index contributed by atoms with van der Waals surface area (Å²) >= 11 is 0. The Balaban J connectivity index is 4.35. The van der Waals surface area contributed by atoms with Gasteiger partial charge in [0, 0.05) is 19.3 Å². The molecule has 0 N–H and O–H groups in total. The minimum absolute atomic E-state index is 0.0790. The zero-order chi connectivity index (χ0) is 44.4. The average Bonchev–Trinajstić information content (AvgIpc) is 3.26. The highest BCUT2D eigenvalue weighted by molar-refractivity contribution is 5.71. The van der Waals surface area contributed by atoms with Crippen LogP contribution in [-0.2, 0) is 28.6 Å². The van der Waals surface area contributed by atoms with Gasteiger partial charge in [-0.3, -0.25) is 14.4 Å². The maximum absolute atomic E-state index is 12.8. The molecule has 6 heteroatoms. The molecule has 6 nitrogen and oxygen atoms in total. The van der Waals surface area contributed by atoms with E-state index in [-0.39, 0.29) is 31.1 Å². The summed E-state index contributed by atoms with van der Waals surface area (Å²) in [5.74, 6) is -0.892. The Morgan fingerprint density at radius 2 is 0.607 bits per heavy atom. The Kier molecular flexibility index (Phi) is 48.3. The lowest BCUT2D eigenvalue weighted by Gasteiger charge is -2.18. The first kappa shape index (κ1) is 58.6. The molecule has 0 aromatic carbocycles. The molecule has 1 atom stereocenters. The van der Waals surface area contributed by atoms with Crippen molar-refractivity contribution < 1.29 is 28.6 Å². The standard InChI is InChI=1S/C55H100O6/c1-4-7-10-13-16-19-22-24-26-27-28-29-31-33-36-39-42-45-48-54(57)60-51-52(50-59-53(56)47-44-41-38-35-32-21-18-15-12-9-6-3)61-55(58)49-46-43-40-37-34-30-25-23-20-17-14-11-8-5-2/h15,18,26-29,52H,4-14,16-17,19-25,30-51H2,1-3H3/b18-15-,27-26-,29-28-. The molecule has 0 amide bonds. The third kappa shape index (κ3) is 48.5. The van der Waals surface area contributed by atoms with Gasteiger partial charge in [-0.1, -0.05) is 231 Å². The van der Waals surface area contributed by atoms with Gasteiger partial charge in [-0.25, -0.2) is 0 Å². The number of hydrogen-bond acceptors (Lipinski definition) is 6. The largest absolute Gasteiger partial charge is 0.462 e. The van der Waals surface area contributed by atoms with Crippen LogP contribution < -0.4 is 0 Å². The molecule has 61 heavy (non-hydrogen) atoms. The molecular formula is C55H100O6. The van der Waals surface area contributed by atoms with Crippen LogP contribution in [0.15, 0.2) is 36.5 Å². The molecule has 0 spiro atoms. The quantitative estimate of drug-likeness (QED) is 0.0199. The number of hydrogen-bond donors (Lipinski definition) is 0. The molecule has 0 radical (unpaired) electrons. The first-order valence-electron chi connectivity index (χ1n) is 26.5. The molecule has 0 aliphatic heterocycles. The molecule has 0 aliphatic rings. The zero-order valence-corrected chi connectivity index (χ0v) is 40.7. The van der Waals surface area contributed by atoms with E-state index in [0.717, 1.165) is 83.5 Å². The van der Waals surface area contributed by atoms with Crippen LogP contribution in [0.2, 0.25) is 0 Å². The molecule has 0 aromatic heterocycles. The summed E-state index contributed by atoms with van der Waals surface area (Å²) in [6.45, 7) is 6.60. The molecule has 356 valence electrons. The third-order valence-corrected chi connectivity index (χ3v) is 11.6. The zero-order valence-electron chi connectivity index (χ0n) is 40.7. The minimum Gasteiger partial charge on any atom is -0.462 e. The molecule has 0 fully saturated rings. The van der Waals surface area contributed by atoms with Crippen LogP contribution in [-0.4, -0.2) is 37.2 Å². The van der Waals surface area contributed by atoms with E-state index in [1.807, 2.05) is 0 Å². The van der Waals surface area contributed by atoms with Crippen LogP contribution in [0, 0.1) is 0 Å². The van der Waals surface area contributed by atoms with Crippen LogP contribution in [0.4, 0.5) is 0 Å². The molecule has 0 aromatic rings. The van der Waals surface area contributed by atoms with Crippen molar-refractivity contribution in [2.45, 2.75) is 284 Å². The van der Waals surface area contributed by atoms with Crippen LogP contribution >= 0.6 is 0 Å². The smallest absolute Gasteiger partial charge is 0.306 e. The summed E-state index contributed by atoms with van der Waals surface area (Å²) in [6, 6.07) is 0. The van der Waals surface area contributed by atoms with E-state index in [2.05, 4.69) is 57.2 Å². The number of allylic oxidation sites excluding steroid dienone is 6. The number of rotatable bonds is 48. The van der Waals surface area contributed by atoms with Gasteiger partial charge in [0.15, 0.2) is 6.10 Å². The van der Waals surface area contributed by atoms with Crippen LogP contribution in [0.3, 0.4) is 0 Å². The highest BCUT2D eigenvalue weighted by Crippen LogP contribution is 2.15. The Morgan fingerprint density at radius 3 is 0.967 bits per heavy atom. The van der Waals surface area contributed by atoms with Crippen LogP contribution in [0.5, 0.6) is 0 Å². The first-order chi connectivity index (χ1) is 30.0. The predicted octanol–water partition coefficient (Wildman–Crippen LogP) is 17.3. The number of carbonyl (C=O) groups is 3. The lowest BCUT2D eigenvalue weighted by atomic mass is 10.0. The average molecular weight is 857 g/mol. The normalized spacial score (nSPS) is 12.2. The number of unbranched alkanes of at least 4 members (excludes halogenated alkanes) is 32. The van der Waals surface area contributed by atoms with Crippen molar-refractivity contribution in [3.05, 3.63) is 36.5 Å². The van der Waals surface area contributed by atoms with Gasteiger partial charge in [0.1, 0.15) is 13.2 Å². The van der Waals surface area contributed by atoms with Gasteiger partial charge in [-0.15, -0.1) is 0 Å². The second-order valence-electron chi connectivity index (χ2n) is 17.8. The van der Waals surface area contributed by atoms with Crippen LogP contribution in [0.1, 0.15) is 278 Å². The van der Waals surface area contributed by atoms with E-state index in [1.54, 1.807) is 0 Å². The van der Waals surface area contributed by atoms with Crippen molar-refractivity contribution in [1.82, 2.24) is 0 Å². The molecule has 0 saturated carbocycles. The lowest BCUT2D eigenvalue weighted by molar-refractivity contribution is -0.167. The van der Waals surface area contributed by atoms with Gasteiger partial charge in [-0.2, -0.15) is 0 Å². The summed E-state index contributed by atoms with van der Waals surface area (Å²) in [6.07, 6.45) is 58.4. The second-order valence-corrected chi connectivity index (χ2v) is 17.8. The molecule has 0 heterocycles. The maximum atomic E-state index is 12.8. The Bertz CT molecular complexity index is 1030. The maximum Gasteiger partial charge on any atom is 0.306 e. The summed E-state index contributed by atoms with van der Waals surface area (Å²) in [5, 5.41) is 0. The molecule has 0 saturated heterocycles. The molecule has 1 unspecified atom stereocenters. The van der Waals surface area contributed by atoms with Crippen molar-refractivity contribution >= 4 is 17.9 Å². The highest BCUT2D eigenvalue weighted by Gasteiger charge is 2.19. The van der Waals surface area contributed by atoms with Gasteiger partial charge in [0.25, 0.3) is 0 Å². The van der Waals surface area contributed by atoms with E-state index in [4.69, 9.17) is 14.2 Å². The summed E-state index contributed by atoms with van der Waals surface area (Å²) in [4.78, 5) is 37.9. The van der Waals surface area contributed by atoms with E-state index >= 15 is 0 Å². The van der Waals surface area contributed by atoms with Gasteiger partial charge in [-0.05, 0) is 64.2 Å². The van der Waals surface area contributed by atoms with Gasteiger partial charge in [0.2, 0.25) is 0 Å². The van der Waals surface area contributed by atoms with Crippen molar-refractivity contribution in [1.29, 1.82) is 0 Å². The third-order valence-electron chi connectivity index (χ3n) is 11.6. The predicted molar refractivity (Wildman–Crippen MR) is 261 cm³/mol. The molecular weight excluding hydrogens is 757 g/mol. The van der Waals surface area contributed by atoms with E-state index < -0.39 is 6.10 Å². The van der Waals surface area contributed by atoms with E-state index in [9.17, 15) is 14.4 Å². The van der Waals surface area contributed by atoms with Gasteiger partial charge in [0.05, 0.1) is 0 Å². The van der Waals surface area contributed by atoms with E-state index in [1.165, 1.54) is 154 Å². The fourth-order valence-corrected chi connectivity index (χ4v) is 7.59. The topological polar surface area (TPSA) is 78.9 Å². The van der Waals surface area contributed by atoms with Crippen molar-refractivity contribution in [3.8, 4) is 0 Å². The highest BCUT2D eigenvalue weighted by atomic mass is 16.6. The first-order valence-corrected chi connectivity index (χ1v) is 26.5. The molecule has 0 aliphatic carbocycles. The van der Waals surface area contributed by atoms with Crippen LogP contribution in [0.25, 0.3) is 0 Å². The van der Waals surface area contributed by atoms with E-state index in [0.29, 0.717) is 19.3 Å². The fraction of sp³-hybridized carbons (Fsp3) is 0.836. The van der Waals surface area contributed by atoms with Crippen molar-refractivity contribution in [3.63, 3.8) is 0 Å². The summed E-state index contributed by atoms with van der Waals surface area (Å²) < 4.78 is 16.8. The summed E-state index contributed by atoms with van der Waals surface area (Å²) in [5.41, 5.74) is 0. The number of esters is 3. The Hall–Kier alpha value is -2.37. The second kappa shape index (κ2) is 50.3. The SMILES string of the molecule is CCCC/C=C\CCCCCCCC(=O)OCC(COC(=O)CCCCCCC/C=C\C=C/CCCCCCCCC)OC(=O)CCCCCCCCCCCCCCCC. The lowest BCUT2D eigenvalue weighted by Crippen LogP contribution is -2.30. The van der Waals surface area contributed by atoms with Crippen molar-refractivity contribution in [2.24, 2.45) is 0 Å². The monoisotopic (exact) mass is 857 g/mol. The number of ether oxygens (including phenoxy) is 3.